The number of amides is 1. The summed E-state index contributed by atoms with van der Waals surface area (Å²) in [6.45, 7) is 0.523. The molecule has 3 rings (SSSR count). The van der Waals surface area contributed by atoms with E-state index in [0.29, 0.717) is 18.7 Å². The second-order valence-electron chi connectivity index (χ2n) is 4.29. The molecule has 18 heavy (non-hydrogen) atoms. The van der Waals surface area contributed by atoms with Gasteiger partial charge in [-0.3, -0.25) is 13.9 Å². The van der Waals surface area contributed by atoms with Gasteiger partial charge in [-0.15, -0.1) is 0 Å². The molecule has 2 heterocycles. The average molecular weight is 263 g/mol. The van der Waals surface area contributed by atoms with Crippen LogP contribution in [-0.2, 0) is 20.3 Å². The second-order valence-corrected chi connectivity index (χ2v) is 5.79. The summed E-state index contributed by atoms with van der Waals surface area (Å²) in [4.78, 5) is 13.7. The molecule has 0 bridgehead atoms. The van der Waals surface area contributed by atoms with Crippen LogP contribution in [0, 0.1) is 0 Å². The molecule has 5 heteroatoms. The largest absolute Gasteiger partial charge is 0.473 e. The van der Waals surface area contributed by atoms with Crippen LogP contribution in [0.4, 0.5) is 0 Å². The predicted molar refractivity (Wildman–Crippen MR) is 67.0 cm³/mol. The third-order valence-corrected chi connectivity index (χ3v) is 4.37. The molecule has 2 saturated heterocycles. The highest BCUT2D eigenvalue weighted by atomic mass is 32.2. The van der Waals surface area contributed by atoms with E-state index in [9.17, 15) is 9.00 Å². The van der Waals surface area contributed by atoms with Gasteiger partial charge in [-0.1, -0.05) is 18.2 Å². The van der Waals surface area contributed by atoms with Crippen molar-refractivity contribution in [3.63, 3.8) is 0 Å². The first kappa shape index (κ1) is 11.5. The van der Waals surface area contributed by atoms with Crippen LogP contribution in [0.5, 0.6) is 0 Å². The number of carbonyl (C=O) groups excluding carboxylic acids is 1. The number of rotatable bonds is 3. The normalized spacial score (nSPS) is 25.6. The zero-order chi connectivity index (χ0) is 12.5. The molecule has 2 aliphatic heterocycles. The predicted octanol–water partition coefficient (Wildman–Crippen LogP) is 1.27. The highest BCUT2D eigenvalue weighted by Crippen LogP contribution is 2.30. The van der Waals surface area contributed by atoms with Crippen molar-refractivity contribution < 1.29 is 13.7 Å². The van der Waals surface area contributed by atoms with Crippen LogP contribution in [0.1, 0.15) is 6.42 Å². The lowest BCUT2D eigenvalue weighted by atomic mass is 10.2. The van der Waals surface area contributed by atoms with Gasteiger partial charge < -0.3 is 4.74 Å². The Labute approximate surface area is 108 Å². The molecule has 1 aromatic rings. The van der Waals surface area contributed by atoms with Crippen molar-refractivity contribution in [3.05, 3.63) is 42.2 Å². The Bertz CT molecular complexity index is 526. The summed E-state index contributed by atoms with van der Waals surface area (Å²) in [6.07, 6.45) is 2.22. The molecule has 1 unspecified atom stereocenters. The van der Waals surface area contributed by atoms with E-state index in [4.69, 9.17) is 4.74 Å². The summed E-state index contributed by atoms with van der Waals surface area (Å²) in [5.74, 6) is 1.32. The van der Waals surface area contributed by atoms with E-state index >= 15 is 0 Å². The molecule has 0 N–H and O–H groups in total. The number of benzene rings is 1. The van der Waals surface area contributed by atoms with Gasteiger partial charge in [-0.2, -0.15) is 0 Å². The minimum Gasteiger partial charge on any atom is -0.473 e. The van der Waals surface area contributed by atoms with Crippen molar-refractivity contribution in [2.45, 2.75) is 17.5 Å². The van der Waals surface area contributed by atoms with E-state index in [2.05, 4.69) is 0 Å². The standard InChI is InChI=1S/C13H13NO3S/c15-12-8-13-14(12)9-10(17-13)6-7-18(16)11-4-2-1-3-5-11/h1-6,13H,7-9H2/t13-,18?/m1/s1. The van der Waals surface area contributed by atoms with E-state index in [-0.39, 0.29) is 12.1 Å². The summed E-state index contributed by atoms with van der Waals surface area (Å²) in [5.41, 5.74) is 0. The first-order valence-corrected chi connectivity index (χ1v) is 7.14. The minimum absolute atomic E-state index is 0.0751. The van der Waals surface area contributed by atoms with Gasteiger partial charge in [0.2, 0.25) is 5.91 Å². The molecule has 4 nitrogen and oxygen atoms in total. The summed E-state index contributed by atoms with van der Waals surface area (Å²) >= 11 is 0. The molecule has 0 aromatic heterocycles. The van der Waals surface area contributed by atoms with Crippen molar-refractivity contribution in [2.24, 2.45) is 0 Å². The van der Waals surface area contributed by atoms with Crippen LogP contribution >= 0.6 is 0 Å². The molecule has 1 aromatic carbocycles. The quantitative estimate of drug-likeness (QED) is 0.771. The number of β-lactam (4-membered cyclic amide) rings is 1. The first-order chi connectivity index (χ1) is 8.74. The zero-order valence-corrected chi connectivity index (χ0v) is 10.6. The molecule has 94 valence electrons. The van der Waals surface area contributed by atoms with E-state index in [1.54, 1.807) is 4.90 Å². The van der Waals surface area contributed by atoms with Crippen molar-refractivity contribution >= 4 is 16.7 Å². The molecule has 2 atom stereocenters. The molecule has 0 aliphatic carbocycles. The van der Waals surface area contributed by atoms with Gasteiger partial charge >= 0.3 is 0 Å². The van der Waals surface area contributed by atoms with E-state index < -0.39 is 10.8 Å². The Kier molecular flexibility index (Phi) is 2.91. The van der Waals surface area contributed by atoms with Crippen LogP contribution < -0.4 is 0 Å². The highest BCUT2D eigenvalue weighted by molar-refractivity contribution is 7.85. The Morgan fingerprint density at radius 1 is 1.39 bits per heavy atom. The van der Waals surface area contributed by atoms with E-state index in [1.165, 1.54) is 0 Å². The summed E-state index contributed by atoms with van der Waals surface area (Å²) in [6, 6.07) is 9.34. The fourth-order valence-electron chi connectivity index (χ4n) is 2.05. The Balaban J connectivity index is 1.62. The fraction of sp³-hybridized carbons (Fsp3) is 0.308. The smallest absolute Gasteiger partial charge is 0.231 e. The second kappa shape index (κ2) is 4.57. The molecule has 1 amide bonds. The van der Waals surface area contributed by atoms with Crippen LogP contribution in [0.2, 0.25) is 0 Å². The first-order valence-electron chi connectivity index (χ1n) is 5.82. The van der Waals surface area contributed by atoms with Crippen LogP contribution in [0.15, 0.2) is 47.1 Å². The molecule has 0 spiro atoms. The molecule has 2 aliphatic rings. The van der Waals surface area contributed by atoms with Crippen molar-refractivity contribution in [2.75, 3.05) is 12.3 Å². The van der Waals surface area contributed by atoms with Gasteiger partial charge in [0, 0.05) is 10.6 Å². The zero-order valence-electron chi connectivity index (χ0n) is 9.74. The number of carbonyl (C=O) groups is 1. The maximum atomic E-state index is 12.0. The molecule has 0 radical (unpaired) electrons. The lowest BCUT2D eigenvalue weighted by molar-refractivity contribution is -0.154. The third kappa shape index (κ3) is 2.06. The molecule has 2 fully saturated rings. The van der Waals surface area contributed by atoms with Crippen molar-refractivity contribution in [3.8, 4) is 0 Å². The molecule has 0 saturated carbocycles. The van der Waals surface area contributed by atoms with Gasteiger partial charge in [0.15, 0.2) is 6.23 Å². The fourth-order valence-corrected chi connectivity index (χ4v) is 3.04. The maximum Gasteiger partial charge on any atom is 0.231 e. The van der Waals surface area contributed by atoms with Crippen LogP contribution in [0.3, 0.4) is 0 Å². The highest BCUT2D eigenvalue weighted by Gasteiger charge is 2.43. The third-order valence-electron chi connectivity index (χ3n) is 3.10. The lowest BCUT2D eigenvalue weighted by Crippen LogP contribution is -2.48. The maximum absolute atomic E-state index is 12.0. The average Bonchev–Trinajstić information content (AvgIpc) is 2.74. The Morgan fingerprint density at radius 3 is 2.83 bits per heavy atom. The van der Waals surface area contributed by atoms with Gasteiger partial charge in [0.1, 0.15) is 5.76 Å². The summed E-state index contributed by atoms with van der Waals surface area (Å²) in [5, 5.41) is 0. The SMILES string of the molecule is O=C1C[C@H]2OC(=CCS(=O)c3ccccc3)CN12. The number of hydrogen-bond acceptors (Lipinski definition) is 3. The number of fused-ring (bicyclic) bond motifs is 1. The number of ether oxygens (including phenoxy) is 1. The van der Waals surface area contributed by atoms with Crippen molar-refractivity contribution in [1.82, 2.24) is 4.90 Å². The van der Waals surface area contributed by atoms with Crippen LogP contribution in [0.25, 0.3) is 0 Å². The summed E-state index contributed by atoms with van der Waals surface area (Å²) in [7, 11) is -1.05. The number of nitrogens with zero attached hydrogens (tertiary/aromatic N) is 1. The Hall–Kier alpha value is -1.62. The van der Waals surface area contributed by atoms with Gasteiger partial charge in [-0.05, 0) is 18.2 Å². The van der Waals surface area contributed by atoms with E-state index in [0.717, 1.165) is 10.7 Å². The Morgan fingerprint density at radius 2 is 2.17 bits per heavy atom. The minimum atomic E-state index is -1.05. The van der Waals surface area contributed by atoms with E-state index in [1.807, 2.05) is 36.4 Å². The molecular formula is C13H13NO3S. The van der Waals surface area contributed by atoms with Crippen LogP contribution in [-0.4, -0.2) is 33.5 Å². The number of hydrogen-bond donors (Lipinski definition) is 0. The summed E-state index contributed by atoms with van der Waals surface area (Å²) < 4.78 is 17.5. The van der Waals surface area contributed by atoms with Gasteiger partial charge in [0.05, 0.1) is 23.8 Å². The lowest BCUT2D eigenvalue weighted by Gasteiger charge is -2.30. The van der Waals surface area contributed by atoms with Crippen molar-refractivity contribution in [1.29, 1.82) is 0 Å². The molecular weight excluding hydrogens is 250 g/mol. The van der Waals surface area contributed by atoms with Gasteiger partial charge in [0.25, 0.3) is 0 Å². The topological polar surface area (TPSA) is 46.6 Å². The monoisotopic (exact) mass is 263 g/mol. The van der Waals surface area contributed by atoms with Gasteiger partial charge in [-0.25, -0.2) is 0 Å².